The average Bonchev–Trinajstić information content (AvgIpc) is 1.88. The molecule has 9 heavy (non-hydrogen) atoms. The van der Waals surface area contributed by atoms with E-state index in [2.05, 4.69) is 22.6 Å². The van der Waals surface area contributed by atoms with Gasteiger partial charge in [-0.05, 0) is 6.92 Å². The Balaban J connectivity index is 2.55. The highest BCUT2D eigenvalue weighted by molar-refractivity contribution is 5.83. The standard InChI is InChI=1S/C6H11N3/c1-5-3-2-4-6(8-5)9-7/h2-3,5H,4,7H2,1H3,(H,8,9). The second kappa shape index (κ2) is 2.64. The van der Waals surface area contributed by atoms with Gasteiger partial charge in [-0.1, -0.05) is 12.2 Å². The first-order chi connectivity index (χ1) is 4.33. The molecule has 0 aliphatic carbocycles. The Morgan fingerprint density at radius 2 is 2.67 bits per heavy atom. The van der Waals surface area contributed by atoms with Gasteiger partial charge < -0.3 is 5.43 Å². The van der Waals surface area contributed by atoms with Crippen molar-refractivity contribution in [1.82, 2.24) is 5.43 Å². The van der Waals surface area contributed by atoms with Crippen LogP contribution >= 0.6 is 0 Å². The quantitative estimate of drug-likeness (QED) is 0.276. The Morgan fingerprint density at radius 3 is 3.11 bits per heavy atom. The lowest BCUT2D eigenvalue weighted by molar-refractivity contribution is 0.860. The number of dihydropyridines is 1. The van der Waals surface area contributed by atoms with Crippen LogP contribution in [0, 0.1) is 0 Å². The molecule has 0 aromatic rings. The fourth-order valence-corrected chi connectivity index (χ4v) is 0.814. The molecule has 0 aromatic heterocycles. The van der Waals surface area contributed by atoms with Crippen molar-refractivity contribution in [3.05, 3.63) is 12.2 Å². The van der Waals surface area contributed by atoms with Gasteiger partial charge in [0.25, 0.3) is 0 Å². The van der Waals surface area contributed by atoms with Crippen molar-refractivity contribution in [2.75, 3.05) is 0 Å². The van der Waals surface area contributed by atoms with Crippen LogP contribution in [0.2, 0.25) is 0 Å². The molecule has 3 N–H and O–H groups in total. The minimum absolute atomic E-state index is 0.282. The number of aliphatic imine (C=N–C) groups is 1. The summed E-state index contributed by atoms with van der Waals surface area (Å²) in [6.45, 7) is 2.02. The molecule has 1 heterocycles. The molecule has 3 heteroatoms. The lowest BCUT2D eigenvalue weighted by atomic mass is 10.2. The van der Waals surface area contributed by atoms with E-state index in [1.165, 1.54) is 0 Å². The fraction of sp³-hybridized carbons (Fsp3) is 0.500. The predicted molar refractivity (Wildman–Crippen MR) is 38.0 cm³/mol. The SMILES string of the molecule is CC1C=CCC(NN)=N1. The lowest BCUT2D eigenvalue weighted by Gasteiger charge is -2.09. The number of rotatable bonds is 0. The molecule has 0 bridgehead atoms. The molecule has 50 valence electrons. The van der Waals surface area contributed by atoms with E-state index in [9.17, 15) is 0 Å². The molecule has 3 nitrogen and oxygen atoms in total. The van der Waals surface area contributed by atoms with Gasteiger partial charge in [-0.15, -0.1) is 0 Å². The van der Waals surface area contributed by atoms with Crippen LogP contribution in [0.1, 0.15) is 13.3 Å². The van der Waals surface area contributed by atoms with E-state index in [1.54, 1.807) is 0 Å². The fourth-order valence-electron chi connectivity index (χ4n) is 0.814. The third-order valence-electron chi connectivity index (χ3n) is 1.25. The molecule has 1 atom stereocenters. The number of nitrogens with zero attached hydrogens (tertiary/aromatic N) is 1. The normalized spacial score (nSPS) is 25.6. The van der Waals surface area contributed by atoms with Gasteiger partial charge in [0, 0.05) is 6.42 Å². The first-order valence-corrected chi connectivity index (χ1v) is 3.03. The number of nitrogens with one attached hydrogen (secondary N) is 1. The zero-order valence-electron chi connectivity index (χ0n) is 5.46. The van der Waals surface area contributed by atoms with Gasteiger partial charge in [0.15, 0.2) is 0 Å². The van der Waals surface area contributed by atoms with Gasteiger partial charge in [-0.25, -0.2) is 5.84 Å². The van der Waals surface area contributed by atoms with E-state index in [1.807, 2.05) is 6.92 Å². The minimum Gasteiger partial charge on any atom is -0.312 e. The molecule has 0 spiro atoms. The summed E-state index contributed by atoms with van der Waals surface area (Å²) < 4.78 is 0. The number of hydrogen-bond donors (Lipinski definition) is 2. The summed E-state index contributed by atoms with van der Waals surface area (Å²) in [6, 6.07) is 0.282. The van der Waals surface area contributed by atoms with Crippen molar-refractivity contribution in [2.45, 2.75) is 19.4 Å². The van der Waals surface area contributed by atoms with Crippen LogP contribution in [0.25, 0.3) is 0 Å². The van der Waals surface area contributed by atoms with Gasteiger partial charge in [-0.2, -0.15) is 0 Å². The zero-order chi connectivity index (χ0) is 6.69. The molecule has 1 aliphatic rings. The monoisotopic (exact) mass is 125 g/mol. The number of nitrogens with two attached hydrogens (primary N) is 1. The smallest absolute Gasteiger partial charge is 0.115 e. The molecule has 0 aromatic carbocycles. The molecule has 1 rings (SSSR count). The topological polar surface area (TPSA) is 50.4 Å². The molecular formula is C6H11N3. The van der Waals surface area contributed by atoms with Gasteiger partial charge in [-0.3, -0.25) is 4.99 Å². The predicted octanol–water partition coefficient (Wildman–Crippen LogP) is 0.197. The molecular weight excluding hydrogens is 114 g/mol. The zero-order valence-corrected chi connectivity index (χ0v) is 5.46. The summed E-state index contributed by atoms with van der Waals surface area (Å²) in [5, 5.41) is 0. The van der Waals surface area contributed by atoms with Crippen LogP contribution in [0.15, 0.2) is 17.1 Å². The van der Waals surface area contributed by atoms with E-state index in [-0.39, 0.29) is 6.04 Å². The molecule has 0 fully saturated rings. The highest BCUT2D eigenvalue weighted by Crippen LogP contribution is 2.01. The summed E-state index contributed by atoms with van der Waals surface area (Å²) >= 11 is 0. The first kappa shape index (κ1) is 6.29. The van der Waals surface area contributed by atoms with Crippen molar-refractivity contribution in [3.63, 3.8) is 0 Å². The van der Waals surface area contributed by atoms with E-state index in [4.69, 9.17) is 5.84 Å². The van der Waals surface area contributed by atoms with Crippen LogP contribution < -0.4 is 11.3 Å². The van der Waals surface area contributed by atoms with Crippen LogP contribution in [0.5, 0.6) is 0 Å². The molecule has 1 unspecified atom stereocenters. The highest BCUT2D eigenvalue weighted by Gasteiger charge is 2.01. The van der Waals surface area contributed by atoms with Crippen molar-refractivity contribution < 1.29 is 0 Å². The summed E-state index contributed by atoms with van der Waals surface area (Å²) in [7, 11) is 0. The molecule has 0 radical (unpaired) electrons. The maximum absolute atomic E-state index is 5.15. The summed E-state index contributed by atoms with van der Waals surface area (Å²) in [6.07, 6.45) is 4.95. The third-order valence-corrected chi connectivity index (χ3v) is 1.25. The Kier molecular flexibility index (Phi) is 1.85. The molecule has 0 amide bonds. The van der Waals surface area contributed by atoms with Gasteiger partial charge in [0.2, 0.25) is 0 Å². The first-order valence-electron chi connectivity index (χ1n) is 3.03. The van der Waals surface area contributed by atoms with Crippen molar-refractivity contribution in [1.29, 1.82) is 0 Å². The summed E-state index contributed by atoms with van der Waals surface area (Å²) in [4.78, 5) is 4.19. The average molecular weight is 125 g/mol. The second-order valence-corrected chi connectivity index (χ2v) is 2.09. The largest absolute Gasteiger partial charge is 0.312 e. The Morgan fingerprint density at radius 1 is 1.89 bits per heavy atom. The Hall–Kier alpha value is -0.830. The van der Waals surface area contributed by atoms with E-state index < -0.39 is 0 Å². The van der Waals surface area contributed by atoms with Crippen LogP contribution in [-0.2, 0) is 0 Å². The van der Waals surface area contributed by atoms with Crippen molar-refractivity contribution >= 4 is 5.84 Å². The van der Waals surface area contributed by atoms with Gasteiger partial charge in [0.1, 0.15) is 5.84 Å². The minimum atomic E-state index is 0.282. The third kappa shape index (κ3) is 1.54. The van der Waals surface area contributed by atoms with E-state index in [0.29, 0.717) is 0 Å². The maximum Gasteiger partial charge on any atom is 0.115 e. The van der Waals surface area contributed by atoms with Crippen LogP contribution in [0.4, 0.5) is 0 Å². The van der Waals surface area contributed by atoms with Crippen molar-refractivity contribution in [3.8, 4) is 0 Å². The van der Waals surface area contributed by atoms with Crippen LogP contribution in [0.3, 0.4) is 0 Å². The molecule has 0 saturated carbocycles. The number of hydrogen-bond acceptors (Lipinski definition) is 3. The van der Waals surface area contributed by atoms with Crippen LogP contribution in [-0.4, -0.2) is 11.9 Å². The number of amidine groups is 1. The molecule has 0 saturated heterocycles. The molecule has 1 aliphatic heterocycles. The summed E-state index contributed by atoms with van der Waals surface area (Å²) in [5.74, 6) is 6.02. The van der Waals surface area contributed by atoms with Gasteiger partial charge in [0.05, 0.1) is 6.04 Å². The highest BCUT2D eigenvalue weighted by atomic mass is 15.3. The summed E-state index contributed by atoms with van der Waals surface area (Å²) in [5.41, 5.74) is 2.53. The Bertz CT molecular complexity index is 148. The number of hydrazine groups is 1. The Labute approximate surface area is 54.6 Å². The van der Waals surface area contributed by atoms with Crippen molar-refractivity contribution in [2.24, 2.45) is 10.8 Å². The second-order valence-electron chi connectivity index (χ2n) is 2.09. The van der Waals surface area contributed by atoms with E-state index >= 15 is 0 Å². The van der Waals surface area contributed by atoms with Gasteiger partial charge >= 0.3 is 0 Å². The lowest BCUT2D eigenvalue weighted by Crippen LogP contribution is -2.31. The maximum atomic E-state index is 5.15. The van der Waals surface area contributed by atoms with E-state index in [0.717, 1.165) is 12.3 Å².